The Labute approximate surface area is 132 Å². The van der Waals surface area contributed by atoms with Gasteiger partial charge in [-0.1, -0.05) is 48.5 Å². The minimum atomic E-state index is 0.143. The Bertz CT molecular complexity index is 1040. The molecule has 0 unspecified atom stereocenters. The van der Waals surface area contributed by atoms with Crippen LogP contribution in [-0.4, -0.2) is 10.1 Å². The first-order chi connectivity index (χ1) is 11.3. The van der Waals surface area contributed by atoms with Crippen LogP contribution in [0.15, 0.2) is 83.0 Å². The fourth-order valence-corrected chi connectivity index (χ4v) is 2.58. The van der Waals surface area contributed by atoms with Gasteiger partial charge in [-0.3, -0.25) is 0 Å². The predicted octanol–water partition coefficient (Wildman–Crippen LogP) is 5.51. The molecule has 0 amide bonds. The van der Waals surface area contributed by atoms with Crippen molar-refractivity contribution in [3.8, 4) is 5.75 Å². The van der Waals surface area contributed by atoms with Gasteiger partial charge in [0.25, 0.3) is 0 Å². The molecule has 4 rings (SSSR count). The van der Waals surface area contributed by atoms with Crippen molar-refractivity contribution in [2.24, 2.45) is 10.2 Å². The zero-order valence-corrected chi connectivity index (χ0v) is 12.2. The third-order valence-electron chi connectivity index (χ3n) is 3.71. The second-order valence-electron chi connectivity index (χ2n) is 5.22. The number of phenols is 1. The summed E-state index contributed by atoms with van der Waals surface area (Å²) in [6.07, 6.45) is 0. The van der Waals surface area contributed by atoms with Gasteiger partial charge in [0.05, 0.1) is 5.69 Å². The summed E-state index contributed by atoms with van der Waals surface area (Å²) in [4.78, 5) is 4.36. The Balaban J connectivity index is 1.77. The lowest BCUT2D eigenvalue weighted by Gasteiger charge is -2.01. The number of fused-ring (bicyclic) bond motifs is 2. The van der Waals surface area contributed by atoms with E-state index in [1.165, 1.54) is 0 Å². The molecule has 0 aliphatic heterocycles. The summed E-state index contributed by atoms with van der Waals surface area (Å²) < 4.78 is 0. The van der Waals surface area contributed by atoms with Crippen LogP contribution in [0.3, 0.4) is 0 Å². The smallest absolute Gasteiger partial charge is 0.175 e. The summed E-state index contributed by atoms with van der Waals surface area (Å²) in [5.74, 6) is 0.608. The molecular formula is C19H13N3O. The number of para-hydroxylation sites is 1. The number of aromatic hydroxyl groups is 1. The molecule has 0 radical (unpaired) electrons. The van der Waals surface area contributed by atoms with E-state index in [-0.39, 0.29) is 5.75 Å². The van der Waals surface area contributed by atoms with E-state index in [0.717, 1.165) is 21.8 Å². The van der Waals surface area contributed by atoms with Crippen LogP contribution in [0.25, 0.3) is 21.7 Å². The van der Waals surface area contributed by atoms with Crippen molar-refractivity contribution in [3.05, 3.63) is 72.8 Å². The number of hydrogen-bond donors (Lipinski definition) is 1. The van der Waals surface area contributed by atoms with E-state index >= 15 is 0 Å². The molecule has 0 aliphatic rings. The SMILES string of the molecule is Oc1cccc2ccc(N=Nc3cccc4ccccc34)nc12. The number of benzene rings is 3. The van der Waals surface area contributed by atoms with Gasteiger partial charge in [0, 0.05) is 10.8 Å². The van der Waals surface area contributed by atoms with Crippen molar-refractivity contribution in [2.45, 2.75) is 0 Å². The number of nitrogens with zero attached hydrogens (tertiary/aromatic N) is 3. The summed E-state index contributed by atoms with van der Waals surface area (Å²) in [6.45, 7) is 0. The average molecular weight is 299 g/mol. The molecule has 4 nitrogen and oxygen atoms in total. The number of azo groups is 1. The van der Waals surface area contributed by atoms with Crippen LogP contribution in [0.5, 0.6) is 5.75 Å². The van der Waals surface area contributed by atoms with Crippen molar-refractivity contribution in [1.82, 2.24) is 4.98 Å². The Kier molecular flexibility index (Phi) is 3.20. The van der Waals surface area contributed by atoms with Crippen molar-refractivity contribution >= 4 is 33.2 Å². The maximum absolute atomic E-state index is 9.89. The fourth-order valence-electron chi connectivity index (χ4n) is 2.58. The zero-order valence-electron chi connectivity index (χ0n) is 12.2. The molecule has 4 aromatic rings. The molecule has 0 fully saturated rings. The summed E-state index contributed by atoms with van der Waals surface area (Å²) in [5.41, 5.74) is 1.32. The molecule has 0 saturated heterocycles. The van der Waals surface area contributed by atoms with Crippen LogP contribution in [0, 0.1) is 0 Å². The van der Waals surface area contributed by atoms with Gasteiger partial charge in [-0.2, -0.15) is 0 Å². The third-order valence-corrected chi connectivity index (χ3v) is 3.71. The largest absolute Gasteiger partial charge is 0.506 e. The molecule has 0 atom stereocenters. The van der Waals surface area contributed by atoms with Gasteiger partial charge in [0.1, 0.15) is 11.3 Å². The minimum absolute atomic E-state index is 0.143. The highest BCUT2D eigenvalue weighted by atomic mass is 16.3. The van der Waals surface area contributed by atoms with Gasteiger partial charge in [0.15, 0.2) is 5.82 Å². The Morgan fingerprint density at radius 1 is 0.696 bits per heavy atom. The van der Waals surface area contributed by atoms with Crippen LogP contribution in [-0.2, 0) is 0 Å². The predicted molar refractivity (Wildman–Crippen MR) is 91.5 cm³/mol. The van der Waals surface area contributed by atoms with Crippen LogP contribution in [0.2, 0.25) is 0 Å². The second kappa shape index (κ2) is 5.50. The van der Waals surface area contributed by atoms with Crippen LogP contribution >= 0.6 is 0 Å². The molecule has 1 N–H and O–H groups in total. The van der Waals surface area contributed by atoms with E-state index in [1.54, 1.807) is 18.2 Å². The van der Waals surface area contributed by atoms with Crippen molar-refractivity contribution in [3.63, 3.8) is 0 Å². The number of phenolic OH excluding ortho intramolecular Hbond substituents is 1. The van der Waals surface area contributed by atoms with Gasteiger partial charge >= 0.3 is 0 Å². The Hall–Kier alpha value is -3.27. The topological polar surface area (TPSA) is 57.8 Å². The zero-order chi connectivity index (χ0) is 15.6. The maximum atomic E-state index is 9.89. The minimum Gasteiger partial charge on any atom is -0.506 e. The van der Waals surface area contributed by atoms with E-state index in [2.05, 4.69) is 15.2 Å². The molecule has 3 aromatic carbocycles. The van der Waals surface area contributed by atoms with Gasteiger partial charge in [-0.15, -0.1) is 10.2 Å². The molecular weight excluding hydrogens is 286 g/mol. The first-order valence-electron chi connectivity index (χ1n) is 7.29. The normalized spacial score (nSPS) is 11.5. The maximum Gasteiger partial charge on any atom is 0.175 e. The number of hydrogen-bond acceptors (Lipinski definition) is 4. The molecule has 0 aliphatic carbocycles. The lowest BCUT2D eigenvalue weighted by Crippen LogP contribution is -1.79. The highest BCUT2D eigenvalue weighted by Gasteiger charge is 2.03. The first-order valence-corrected chi connectivity index (χ1v) is 7.29. The standard InChI is InChI=1S/C19H13N3O/c23-17-10-4-7-14-11-12-18(20-19(14)17)22-21-16-9-3-6-13-5-1-2-8-15(13)16/h1-12,23H. The second-order valence-corrected chi connectivity index (χ2v) is 5.22. The lowest BCUT2D eigenvalue weighted by atomic mass is 10.1. The number of pyridine rings is 1. The average Bonchev–Trinajstić information content (AvgIpc) is 2.60. The van der Waals surface area contributed by atoms with Crippen LogP contribution in [0.4, 0.5) is 11.5 Å². The fraction of sp³-hybridized carbons (Fsp3) is 0. The summed E-state index contributed by atoms with van der Waals surface area (Å²) in [5, 5.41) is 21.5. The highest BCUT2D eigenvalue weighted by Crippen LogP contribution is 2.28. The van der Waals surface area contributed by atoms with Crippen molar-refractivity contribution in [2.75, 3.05) is 0 Å². The number of rotatable bonds is 2. The van der Waals surface area contributed by atoms with Gasteiger partial charge < -0.3 is 5.11 Å². The quantitative estimate of drug-likeness (QED) is 0.496. The molecule has 0 bridgehead atoms. The monoisotopic (exact) mass is 299 g/mol. The molecule has 110 valence electrons. The number of aromatic nitrogens is 1. The highest BCUT2D eigenvalue weighted by molar-refractivity contribution is 5.92. The first kappa shape index (κ1) is 13.4. The van der Waals surface area contributed by atoms with E-state index in [4.69, 9.17) is 0 Å². The molecule has 0 spiro atoms. The molecule has 0 saturated carbocycles. The van der Waals surface area contributed by atoms with E-state index < -0.39 is 0 Å². The lowest BCUT2D eigenvalue weighted by molar-refractivity contribution is 0.480. The van der Waals surface area contributed by atoms with Gasteiger partial charge in [-0.05, 0) is 29.7 Å². The Morgan fingerprint density at radius 2 is 1.48 bits per heavy atom. The molecule has 1 aromatic heterocycles. The van der Waals surface area contributed by atoms with Gasteiger partial charge in [0.2, 0.25) is 0 Å². The molecule has 4 heteroatoms. The van der Waals surface area contributed by atoms with E-state index in [1.807, 2.05) is 54.6 Å². The van der Waals surface area contributed by atoms with Gasteiger partial charge in [-0.25, -0.2) is 4.98 Å². The summed E-state index contributed by atoms with van der Waals surface area (Å²) in [7, 11) is 0. The van der Waals surface area contributed by atoms with E-state index in [0.29, 0.717) is 11.3 Å². The summed E-state index contributed by atoms with van der Waals surface area (Å²) >= 11 is 0. The van der Waals surface area contributed by atoms with Crippen molar-refractivity contribution in [1.29, 1.82) is 0 Å². The molecule has 23 heavy (non-hydrogen) atoms. The Morgan fingerprint density at radius 3 is 2.43 bits per heavy atom. The van der Waals surface area contributed by atoms with Crippen LogP contribution in [0.1, 0.15) is 0 Å². The molecule has 1 heterocycles. The third kappa shape index (κ3) is 2.51. The van der Waals surface area contributed by atoms with E-state index in [9.17, 15) is 5.11 Å². The summed E-state index contributed by atoms with van der Waals surface area (Å²) in [6, 6.07) is 22.9. The van der Waals surface area contributed by atoms with Crippen LogP contribution < -0.4 is 0 Å². The van der Waals surface area contributed by atoms with Crippen molar-refractivity contribution < 1.29 is 5.11 Å².